The highest BCUT2D eigenvalue weighted by Crippen LogP contribution is 2.29. The molecular formula is C12H10N2O2S2. The summed E-state index contributed by atoms with van der Waals surface area (Å²) >= 11 is 3.27. The third-order valence-corrected chi connectivity index (χ3v) is 4.36. The Morgan fingerprint density at radius 2 is 2.33 bits per heavy atom. The van der Waals surface area contributed by atoms with Crippen molar-refractivity contribution in [1.82, 2.24) is 9.38 Å². The van der Waals surface area contributed by atoms with Crippen molar-refractivity contribution in [2.24, 2.45) is 0 Å². The van der Waals surface area contributed by atoms with Gasteiger partial charge in [0.25, 0.3) is 0 Å². The lowest BCUT2D eigenvalue weighted by Crippen LogP contribution is -1.97. The number of carboxylic acids is 1. The van der Waals surface area contributed by atoms with Gasteiger partial charge in [0.1, 0.15) is 0 Å². The third-order valence-electron chi connectivity index (χ3n) is 2.63. The van der Waals surface area contributed by atoms with Crippen molar-refractivity contribution in [2.45, 2.75) is 12.8 Å². The van der Waals surface area contributed by atoms with Crippen LogP contribution in [0.25, 0.3) is 15.5 Å². The number of thiophene rings is 1. The third kappa shape index (κ3) is 2.04. The highest BCUT2D eigenvalue weighted by Gasteiger charge is 2.11. The molecule has 0 aliphatic rings. The Morgan fingerprint density at radius 3 is 3.06 bits per heavy atom. The number of thiazole rings is 1. The van der Waals surface area contributed by atoms with Crippen LogP contribution >= 0.6 is 22.7 Å². The zero-order valence-corrected chi connectivity index (χ0v) is 11.0. The minimum atomic E-state index is -0.787. The molecular weight excluding hydrogens is 268 g/mol. The van der Waals surface area contributed by atoms with Crippen molar-refractivity contribution in [3.05, 3.63) is 34.8 Å². The molecule has 3 aromatic rings. The fourth-order valence-electron chi connectivity index (χ4n) is 1.79. The Labute approximate surface area is 111 Å². The van der Waals surface area contributed by atoms with Gasteiger partial charge in [-0.25, -0.2) is 4.98 Å². The number of hydrogen-bond acceptors (Lipinski definition) is 4. The maximum Gasteiger partial charge on any atom is 0.303 e. The smallest absolute Gasteiger partial charge is 0.303 e. The number of aryl methyl sites for hydroxylation is 1. The Hall–Kier alpha value is -1.66. The van der Waals surface area contributed by atoms with E-state index in [1.807, 2.05) is 22.0 Å². The van der Waals surface area contributed by atoms with Gasteiger partial charge in [0.15, 0.2) is 4.96 Å². The molecule has 0 fully saturated rings. The molecule has 0 aliphatic heterocycles. The average Bonchev–Trinajstić information content (AvgIpc) is 3.01. The van der Waals surface area contributed by atoms with E-state index in [1.165, 1.54) is 4.88 Å². The number of rotatable bonds is 4. The minimum absolute atomic E-state index is 0.124. The fraction of sp³-hybridized carbons (Fsp3) is 0.167. The summed E-state index contributed by atoms with van der Waals surface area (Å²) in [4.78, 5) is 17.1. The van der Waals surface area contributed by atoms with Gasteiger partial charge >= 0.3 is 5.97 Å². The molecule has 3 aromatic heterocycles. The van der Waals surface area contributed by atoms with E-state index in [-0.39, 0.29) is 6.42 Å². The van der Waals surface area contributed by atoms with Gasteiger partial charge in [0, 0.05) is 18.0 Å². The number of nitrogens with zero attached hydrogens (tertiary/aromatic N) is 2. The highest BCUT2D eigenvalue weighted by molar-refractivity contribution is 7.16. The Balaban J connectivity index is 1.96. The van der Waals surface area contributed by atoms with Gasteiger partial charge in [0.05, 0.1) is 22.7 Å². The summed E-state index contributed by atoms with van der Waals surface area (Å²) in [7, 11) is 0. The van der Waals surface area contributed by atoms with Crippen LogP contribution in [-0.2, 0) is 11.2 Å². The lowest BCUT2D eigenvalue weighted by Gasteiger charge is -1.93. The van der Waals surface area contributed by atoms with Crippen LogP contribution in [0.3, 0.4) is 0 Å². The summed E-state index contributed by atoms with van der Waals surface area (Å²) in [5, 5.41) is 12.8. The molecule has 6 heteroatoms. The summed E-state index contributed by atoms with van der Waals surface area (Å²) in [6.07, 6.45) is 2.54. The molecule has 0 amide bonds. The van der Waals surface area contributed by atoms with Crippen LogP contribution in [0.4, 0.5) is 0 Å². The molecule has 3 heterocycles. The van der Waals surface area contributed by atoms with Crippen molar-refractivity contribution < 1.29 is 9.90 Å². The van der Waals surface area contributed by atoms with E-state index in [0.29, 0.717) is 6.42 Å². The highest BCUT2D eigenvalue weighted by atomic mass is 32.1. The molecule has 0 aromatic carbocycles. The van der Waals surface area contributed by atoms with Crippen LogP contribution in [0, 0.1) is 0 Å². The second-order valence-corrected chi connectivity index (χ2v) is 5.66. The van der Waals surface area contributed by atoms with Crippen molar-refractivity contribution in [3.63, 3.8) is 0 Å². The SMILES string of the molecule is O=C(O)CCc1cn2c(-c3cccs3)csc2n1. The van der Waals surface area contributed by atoms with Crippen LogP contribution in [0.2, 0.25) is 0 Å². The van der Waals surface area contributed by atoms with Gasteiger partial charge < -0.3 is 5.11 Å². The van der Waals surface area contributed by atoms with Crippen molar-refractivity contribution >= 4 is 33.6 Å². The Morgan fingerprint density at radius 1 is 1.44 bits per heavy atom. The Kier molecular flexibility index (Phi) is 2.89. The maximum absolute atomic E-state index is 10.5. The number of hydrogen-bond donors (Lipinski definition) is 1. The molecule has 0 bridgehead atoms. The zero-order chi connectivity index (χ0) is 12.5. The fourth-order valence-corrected chi connectivity index (χ4v) is 3.49. The van der Waals surface area contributed by atoms with E-state index in [4.69, 9.17) is 5.11 Å². The summed E-state index contributed by atoms with van der Waals surface area (Å²) < 4.78 is 2.04. The molecule has 4 nitrogen and oxygen atoms in total. The summed E-state index contributed by atoms with van der Waals surface area (Å²) in [5.41, 5.74) is 1.96. The first-order valence-corrected chi connectivity index (χ1v) is 7.21. The topological polar surface area (TPSA) is 54.6 Å². The number of carbonyl (C=O) groups is 1. The second kappa shape index (κ2) is 4.55. The van der Waals surface area contributed by atoms with Crippen LogP contribution in [0.15, 0.2) is 29.1 Å². The van der Waals surface area contributed by atoms with Gasteiger partial charge in [-0.1, -0.05) is 6.07 Å². The normalized spacial score (nSPS) is 11.1. The van der Waals surface area contributed by atoms with Gasteiger partial charge in [-0.05, 0) is 11.4 Å². The van der Waals surface area contributed by atoms with Gasteiger partial charge in [-0.3, -0.25) is 9.20 Å². The first-order chi connectivity index (χ1) is 8.74. The first kappa shape index (κ1) is 11.4. The predicted octanol–water partition coefficient (Wildman–Crippen LogP) is 3.14. The molecule has 18 heavy (non-hydrogen) atoms. The van der Waals surface area contributed by atoms with E-state index >= 15 is 0 Å². The van der Waals surface area contributed by atoms with Gasteiger partial charge in [-0.2, -0.15) is 0 Å². The zero-order valence-electron chi connectivity index (χ0n) is 9.37. The lowest BCUT2D eigenvalue weighted by molar-refractivity contribution is -0.136. The molecule has 0 spiro atoms. The van der Waals surface area contributed by atoms with Gasteiger partial charge in [-0.15, -0.1) is 22.7 Å². The molecule has 0 unspecified atom stereocenters. The van der Waals surface area contributed by atoms with E-state index in [0.717, 1.165) is 16.3 Å². The van der Waals surface area contributed by atoms with E-state index < -0.39 is 5.97 Å². The largest absolute Gasteiger partial charge is 0.481 e. The number of aromatic nitrogens is 2. The molecule has 0 saturated heterocycles. The number of carboxylic acid groups (broad SMARTS) is 1. The minimum Gasteiger partial charge on any atom is -0.481 e. The van der Waals surface area contributed by atoms with Crippen LogP contribution in [-0.4, -0.2) is 20.5 Å². The second-order valence-electron chi connectivity index (χ2n) is 3.88. The number of aliphatic carboxylic acids is 1. The molecule has 0 saturated carbocycles. The molecule has 1 N–H and O–H groups in total. The van der Waals surface area contributed by atoms with Crippen LogP contribution < -0.4 is 0 Å². The van der Waals surface area contributed by atoms with Crippen LogP contribution in [0.5, 0.6) is 0 Å². The molecule has 0 radical (unpaired) electrons. The molecule has 0 aliphatic carbocycles. The monoisotopic (exact) mass is 278 g/mol. The summed E-state index contributed by atoms with van der Waals surface area (Å²) in [6.45, 7) is 0. The van der Waals surface area contributed by atoms with Crippen molar-refractivity contribution in [1.29, 1.82) is 0 Å². The summed E-state index contributed by atoms with van der Waals surface area (Å²) in [5.74, 6) is -0.787. The number of fused-ring (bicyclic) bond motifs is 1. The molecule has 92 valence electrons. The average molecular weight is 278 g/mol. The van der Waals surface area contributed by atoms with E-state index in [2.05, 4.69) is 16.4 Å². The van der Waals surface area contributed by atoms with E-state index in [1.54, 1.807) is 22.7 Å². The molecule has 0 atom stereocenters. The quantitative estimate of drug-likeness (QED) is 0.797. The van der Waals surface area contributed by atoms with Crippen LogP contribution in [0.1, 0.15) is 12.1 Å². The summed E-state index contributed by atoms with van der Waals surface area (Å²) in [6, 6.07) is 4.09. The van der Waals surface area contributed by atoms with Crippen molar-refractivity contribution in [3.8, 4) is 10.6 Å². The first-order valence-electron chi connectivity index (χ1n) is 5.45. The maximum atomic E-state index is 10.5. The van der Waals surface area contributed by atoms with E-state index in [9.17, 15) is 4.79 Å². The molecule has 3 rings (SSSR count). The number of imidazole rings is 1. The predicted molar refractivity (Wildman–Crippen MR) is 72.3 cm³/mol. The van der Waals surface area contributed by atoms with Gasteiger partial charge in [0.2, 0.25) is 0 Å². The standard InChI is InChI=1S/C12H10N2O2S2/c15-11(16)4-3-8-6-14-9(7-18-12(14)13-8)10-2-1-5-17-10/h1-2,5-7H,3-4H2,(H,15,16). The van der Waals surface area contributed by atoms with Crippen molar-refractivity contribution in [2.75, 3.05) is 0 Å². The Bertz CT molecular complexity index is 682. The lowest BCUT2D eigenvalue weighted by atomic mass is 10.2.